The summed E-state index contributed by atoms with van der Waals surface area (Å²) in [6, 6.07) is 5.29. The minimum atomic E-state index is -0.816. The minimum Gasteiger partial charge on any atom is -0.323 e. The van der Waals surface area contributed by atoms with Crippen molar-refractivity contribution >= 4 is 27.5 Å². The number of nitrogens with one attached hydrogen (secondary N) is 1. The molecule has 0 bridgehead atoms. The molecule has 1 aromatic heterocycles. The molecule has 0 unspecified atom stereocenters. The number of hydrogen-bond acceptors (Lipinski definition) is 2. The van der Waals surface area contributed by atoms with E-state index in [0.29, 0.717) is 6.07 Å². The first-order valence-electron chi connectivity index (χ1n) is 5.39. The molecule has 98 valence electrons. The molecular formula is C13H9BrF2N2O. The van der Waals surface area contributed by atoms with E-state index >= 15 is 0 Å². The van der Waals surface area contributed by atoms with Gasteiger partial charge in [0.15, 0.2) is 0 Å². The van der Waals surface area contributed by atoms with Crippen molar-refractivity contribution in [1.29, 1.82) is 0 Å². The fourth-order valence-corrected chi connectivity index (χ4v) is 1.84. The lowest BCUT2D eigenvalue weighted by atomic mass is 10.2. The Morgan fingerprint density at radius 1 is 1.21 bits per heavy atom. The van der Waals surface area contributed by atoms with Crippen LogP contribution < -0.4 is 5.32 Å². The summed E-state index contributed by atoms with van der Waals surface area (Å²) in [5.74, 6) is -1.92. The monoisotopic (exact) mass is 326 g/mol. The number of halogens is 3. The molecule has 0 saturated heterocycles. The summed E-state index contributed by atoms with van der Waals surface area (Å²) < 4.78 is 26.6. The van der Waals surface area contributed by atoms with Crippen LogP contribution in [0, 0.1) is 11.6 Å². The highest BCUT2D eigenvalue weighted by atomic mass is 79.9. The molecule has 19 heavy (non-hydrogen) atoms. The molecule has 0 atom stereocenters. The van der Waals surface area contributed by atoms with E-state index in [9.17, 15) is 13.6 Å². The summed E-state index contributed by atoms with van der Waals surface area (Å²) in [6.07, 6.45) is 3.23. The highest BCUT2D eigenvalue weighted by Gasteiger charge is 2.11. The van der Waals surface area contributed by atoms with E-state index in [1.807, 2.05) is 0 Å². The van der Waals surface area contributed by atoms with Gasteiger partial charge in [-0.05, 0) is 39.7 Å². The number of nitrogens with zero attached hydrogens (tertiary/aromatic N) is 1. The standard InChI is InChI=1S/C13H9BrF2N2O/c14-9-6-12(11(16)7-10(9)15)18-13(19)5-8-1-3-17-4-2-8/h1-4,6-7H,5H2,(H,18,19). The van der Waals surface area contributed by atoms with Crippen molar-refractivity contribution in [3.05, 3.63) is 58.3 Å². The lowest BCUT2D eigenvalue weighted by Gasteiger charge is -2.07. The summed E-state index contributed by atoms with van der Waals surface area (Å²) in [7, 11) is 0. The second kappa shape index (κ2) is 5.88. The van der Waals surface area contributed by atoms with E-state index in [0.717, 1.165) is 5.56 Å². The van der Waals surface area contributed by atoms with Gasteiger partial charge in [0, 0.05) is 18.5 Å². The highest BCUT2D eigenvalue weighted by Crippen LogP contribution is 2.23. The fraction of sp³-hybridized carbons (Fsp3) is 0.0769. The van der Waals surface area contributed by atoms with Gasteiger partial charge in [-0.2, -0.15) is 0 Å². The number of anilines is 1. The average Bonchev–Trinajstić information content (AvgIpc) is 2.37. The molecule has 0 aliphatic rings. The number of pyridine rings is 1. The van der Waals surface area contributed by atoms with Crippen LogP contribution in [0.3, 0.4) is 0 Å². The van der Waals surface area contributed by atoms with Crippen molar-refractivity contribution in [2.45, 2.75) is 6.42 Å². The summed E-state index contributed by atoms with van der Waals surface area (Å²) >= 11 is 2.94. The molecule has 0 saturated carbocycles. The van der Waals surface area contributed by atoms with Crippen LogP contribution in [0.4, 0.5) is 14.5 Å². The Morgan fingerprint density at radius 2 is 1.89 bits per heavy atom. The minimum absolute atomic E-state index is 0.0627. The van der Waals surface area contributed by atoms with E-state index < -0.39 is 11.6 Å². The molecule has 0 aliphatic carbocycles. The smallest absolute Gasteiger partial charge is 0.228 e. The van der Waals surface area contributed by atoms with Gasteiger partial charge >= 0.3 is 0 Å². The van der Waals surface area contributed by atoms with Crippen LogP contribution in [-0.4, -0.2) is 10.9 Å². The van der Waals surface area contributed by atoms with Crippen molar-refractivity contribution in [2.24, 2.45) is 0 Å². The van der Waals surface area contributed by atoms with Gasteiger partial charge in [0.25, 0.3) is 0 Å². The summed E-state index contributed by atoms with van der Waals surface area (Å²) in [5.41, 5.74) is 0.696. The zero-order valence-electron chi connectivity index (χ0n) is 9.66. The van der Waals surface area contributed by atoms with E-state index in [2.05, 4.69) is 26.2 Å². The Labute approximate surface area is 116 Å². The first-order valence-corrected chi connectivity index (χ1v) is 6.19. The van der Waals surface area contributed by atoms with E-state index in [1.165, 1.54) is 6.07 Å². The number of hydrogen-bond donors (Lipinski definition) is 1. The van der Waals surface area contributed by atoms with Crippen LogP contribution in [-0.2, 0) is 11.2 Å². The predicted molar refractivity (Wildman–Crippen MR) is 70.6 cm³/mol. The van der Waals surface area contributed by atoms with E-state index in [4.69, 9.17) is 0 Å². The second-order valence-corrected chi connectivity index (χ2v) is 4.68. The quantitative estimate of drug-likeness (QED) is 0.879. The summed E-state index contributed by atoms with van der Waals surface area (Å²) in [5, 5.41) is 2.40. The maximum Gasteiger partial charge on any atom is 0.228 e. The van der Waals surface area contributed by atoms with Gasteiger partial charge in [0.05, 0.1) is 16.6 Å². The summed E-state index contributed by atoms with van der Waals surface area (Å²) in [4.78, 5) is 15.6. The average molecular weight is 327 g/mol. The number of aromatic nitrogens is 1. The van der Waals surface area contributed by atoms with E-state index in [-0.39, 0.29) is 22.5 Å². The molecule has 1 N–H and O–H groups in total. The topological polar surface area (TPSA) is 42.0 Å². The molecule has 0 radical (unpaired) electrons. The summed E-state index contributed by atoms with van der Waals surface area (Å²) in [6.45, 7) is 0. The van der Waals surface area contributed by atoms with Gasteiger partial charge in [-0.3, -0.25) is 9.78 Å². The van der Waals surface area contributed by atoms with E-state index in [1.54, 1.807) is 24.5 Å². The molecule has 0 spiro atoms. The van der Waals surface area contributed by atoms with Crippen LogP contribution in [0.2, 0.25) is 0 Å². The van der Waals surface area contributed by atoms with Gasteiger partial charge in [0.1, 0.15) is 11.6 Å². The third-order valence-corrected chi connectivity index (χ3v) is 3.01. The van der Waals surface area contributed by atoms with Crippen LogP contribution in [0.25, 0.3) is 0 Å². The fourth-order valence-electron chi connectivity index (χ4n) is 1.50. The molecule has 3 nitrogen and oxygen atoms in total. The molecule has 1 amide bonds. The normalized spacial score (nSPS) is 10.3. The first-order chi connectivity index (χ1) is 9.06. The SMILES string of the molecule is O=C(Cc1ccncc1)Nc1cc(Br)c(F)cc1F. The molecule has 1 aromatic carbocycles. The van der Waals surface area contributed by atoms with Crippen LogP contribution in [0.15, 0.2) is 41.1 Å². The number of rotatable bonds is 3. The van der Waals surface area contributed by atoms with Crippen LogP contribution in [0.1, 0.15) is 5.56 Å². The van der Waals surface area contributed by atoms with Crippen molar-refractivity contribution in [3.63, 3.8) is 0 Å². The molecular weight excluding hydrogens is 318 g/mol. The zero-order chi connectivity index (χ0) is 13.8. The van der Waals surface area contributed by atoms with Crippen molar-refractivity contribution < 1.29 is 13.6 Å². The van der Waals surface area contributed by atoms with Gasteiger partial charge < -0.3 is 5.32 Å². The Morgan fingerprint density at radius 3 is 2.58 bits per heavy atom. The van der Waals surface area contributed by atoms with Crippen LogP contribution >= 0.6 is 15.9 Å². The van der Waals surface area contributed by atoms with Crippen LogP contribution in [0.5, 0.6) is 0 Å². The number of carbonyl (C=O) groups excluding carboxylic acids is 1. The molecule has 0 aliphatic heterocycles. The largest absolute Gasteiger partial charge is 0.323 e. The predicted octanol–water partition coefficient (Wildman–Crippen LogP) is 3.30. The molecule has 2 aromatic rings. The highest BCUT2D eigenvalue weighted by molar-refractivity contribution is 9.10. The number of benzene rings is 1. The number of amides is 1. The number of carbonyl (C=O) groups is 1. The molecule has 1 heterocycles. The maximum atomic E-state index is 13.4. The first kappa shape index (κ1) is 13.6. The Kier molecular flexibility index (Phi) is 4.21. The molecule has 2 rings (SSSR count). The maximum absolute atomic E-state index is 13.4. The molecule has 0 fully saturated rings. The zero-order valence-corrected chi connectivity index (χ0v) is 11.2. The lowest BCUT2D eigenvalue weighted by Crippen LogP contribution is -2.15. The Balaban J connectivity index is 2.09. The Hall–Kier alpha value is -1.82. The van der Waals surface area contributed by atoms with Crippen molar-refractivity contribution in [1.82, 2.24) is 4.98 Å². The van der Waals surface area contributed by atoms with Crippen molar-refractivity contribution in [3.8, 4) is 0 Å². The van der Waals surface area contributed by atoms with Gasteiger partial charge in [-0.1, -0.05) is 0 Å². The van der Waals surface area contributed by atoms with Gasteiger partial charge in [-0.25, -0.2) is 8.78 Å². The van der Waals surface area contributed by atoms with Gasteiger partial charge in [0.2, 0.25) is 5.91 Å². The third-order valence-electron chi connectivity index (χ3n) is 2.40. The Bertz CT molecular complexity index is 605. The third kappa shape index (κ3) is 3.57. The lowest BCUT2D eigenvalue weighted by molar-refractivity contribution is -0.115. The second-order valence-electron chi connectivity index (χ2n) is 3.83. The van der Waals surface area contributed by atoms with Crippen molar-refractivity contribution in [2.75, 3.05) is 5.32 Å². The molecule has 6 heteroatoms. The van der Waals surface area contributed by atoms with Gasteiger partial charge in [-0.15, -0.1) is 0 Å².